The molecule has 0 amide bonds. The molecule has 0 aliphatic heterocycles. The third-order valence-electron chi connectivity index (χ3n) is 3.99. The van der Waals surface area contributed by atoms with Crippen LogP contribution in [0.1, 0.15) is 48.5 Å². The van der Waals surface area contributed by atoms with Crippen molar-refractivity contribution >= 4 is 12.3 Å². The van der Waals surface area contributed by atoms with E-state index in [4.69, 9.17) is 32.2 Å². The first-order valence-electron chi connectivity index (χ1n) is 10.2. The van der Waals surface area contributed by atoms with Crippen LogP contribution in [0.25, 0.3) is 0 Å². The van der Waals surface area contributed by atoms with Crippen LogP contribution < -0.4 is 21.9 Å². The van der Waals surface area contributed by atoms with Crippen molar-refractivity contribution in [2.75, 3.05) is 13.2 Å². The van der Waals surface area contributed by atoms with E-state index in [0.29, 0.717) is 25.1 Å². The fourth-order valence-electron chi connectivity index (χ4n) is 2.18. The number of aromatic hydroxyl groups is 1. The molecule has 0 radical (unpaired) electrons. The molecule has 31 heavy (non-hydrogen) atoms. The number of carboxylic acid groups (broad SMARTS) is 1. The molecule has 0 aromatic heterocycles. The van der Waals surface area contributed by atoms with Crippen molar-refractivity contribution in [3.05, 3.63) is 59.7 Å². The summed E-state index contributed by atoms with van der Waals surface area (Å²) in [6.45, 7) is 3.78. The molecule has 1 atom stereocenters. The Morgan fingerprint density at radius 2 is 1.74 bits per heavy atom. The van der Waals surface area contributed by atoms with E-state index in [9.17, 15) is 9.59 Å². The molecule has 0 spiro atoms. The van der Waals surface area contributed by atoms with Gasteiger partial charge < -0.3 is 32.2 Å². The van der Waals surface area contributed by atoms with E-state index in [1.807, 2.05) is 6.07 Å². The number of hydrogen-bond donors (Lipinski definition) is 5. The van der Waals surface area contributed by atoms with Gasteiger partial charge in [0, 0.05) is 17.7 Å². The largest absolute Gasteiger partial charge is 0.508 e. The van der Waals surface area contributed by atoms with Crippen molar-refractivity contribution in [1.29, 1.82) is 0 Å². The predicted octanol–water partition coefficient (Wildman–Crippen LogP) is 2.67. The molecule has 172 valence electrons. The summed E-state index contributed by atoms with van der Waals surface area (Å²) in [7, 11) is 0. The first kappa shape index (κ1) is 28.1. The maximum atomic E-state index is 10.3. The maximum absolute atomic E-state index is 10.3. The Kier molecular flexibility index (Phi) is 16.2. The molecule has 0 fully saturated rings. The molecule has 0 saturated carbocycles. The minimum absolute atomic E-state index is 0.278. The first-order valence-corrected chi connectivity index (χ1v) is 10.2. The van der Waals surface area contributed by atoms with Gasteiger partial charge in [-0.3, -0.25) is 9.59 Å². The third-order valence-corrected chi connectivity index (χ3v) is 3.99. The Morgan fingerprint density at radius 3 is 2.19 bits per heavy atom. The van der Waals surface area contributed by atoms with E-state index >= 15 is 0 Å². The summed E-state index contributed by atoms with van der Waals surface area (Å²) in [6, 6.07) is 13.4. The van der Waals surface area contributed by atoms with Gasteiger partial charge in [-0.25, -0.2) is 0 Å². The molecular formula is C23H35N3O5. The molecule has 2 aromatic carbocycles. The highest BCUT2D eigenvalue weighted by atomic mass is 16.5. The second-order valence-electron chi connectivity index (χ2n) is 6.60. The first-order chi connectivity index (χ1) is 14.9. The van der Waals surface area contributed by atoms with Gasteiger partial charge in [-0.05, 0) is 56.1 Å². The van der Waals surface area contributed by atoms with E-state index in [0.717, 1.165) is 43.5 Å². The van der Waals surface area contributed by atoms with Crippen molar-refractivity contribution in [3.63, 3.8) is 0 Å². The van der Waals surface area contributed by atoms with E-state index in [1.165, 1.54) is 0 Å². The van der Waals surface area contributed by atoms with Gasteiger partial charge in [0.25, 0.3) is 0 Å². The van der Waals surface area contributed by atoms with Crippen molar-refractivity contribution in [3.8, 4) is 11.5 Å². The second kappa shape index (κ2) is 17.9. The quantitative estimate of drug-likeness (QED) is 0.282. The van der Waals surface area contributed by atoms with Gasteiger partial charge in [-0.1, -0.05) is 31.5 Å². The van der Waals surface area contributed by atoms with Crippen LogP contribution in [0.5, 0.6) is 11.5 Å². The van der Waals surface area contributed by atoms with Crippen LogP contribution in [-0.4, -0.2) is 41.7 Å². The van der Waals surface area contributed by atoms with Gasteiger partial charge in [-0.15, -0.1) is 0 Å². The van der Waals surface area contributed by atoms with Crippen LogP contribution in [0.4, 0.5) is 0 Å². The number of phenols is 1. The predicted molar refractivity (Wildman–Crippen MR) is 122 cm³/mol. The standard InChI is InChI=1S/C10H12O2.C7H9NO.C6H14N2O2/c1-2-7-12-10-5-3-9(8-11)4-6-10;8-5-6-3-1-2-4-7(6)9;7-4-2-1-3-5(8)6(9)10/h3-6,8H,2,7H2,1H3;1-4,9H,5,8H2;5H,1-4,7-8H2,(H,9,10). The Balaban J connectivity index is 0.000000441. The van der Waals surface area contributed by atoms with Gasteiger partial charge in [0.05, 0.1) is 6.61 Å². The normalized spacial score (nSPS) is 10.6. The number of carboxylic acids is 1. The highest BCUT2D eigenvalue weighted by Crippen LogP contribution is 2.13. The lowest BCUT2D eigenvalue weighted by molar-refractivity contribution is -0.138. The molecule has 0 saturated heterocycles. The number of phenolic OH excluding ortho intramolecular Hbond substituents is 1. The van der Waals surface area contributed by atoms with Crippen LogP contribution in [0.2, 0.25) is 0 Å². The van der Waals surface area contributed by atoms with Crippen LogP contribution in [0.15, 0.2) is 48.5 Å². The topological polar surface area (TPSA) is 162 Å². The Morgan fingerprint density at radius 1 is 1.10 bits per heavy atom. The highest BCUT2D eigenvalue weighted by Gasteiger charge is 2.09. The summed E-state index contributed by atoms with van der Waals surface area (Å²) in [6.07, 6.45) is 3.98. The average molecular weight is 434 g/mol. The molecule has 1 unspecified atom stereocenters. The zero-order chi connectivity index (χ0) is 23.5. The van der Waals surface area contributed by atoms with Crippen LogP contribution in [0.3, 0.4) is 0 Å². The summed E-state index contributed by atoms with van der Waals surface area (Å²) in [5, 5.41) is 17.4. The van der Waals surface area contributed by atoms with Gasteiger partial charge in [0.2, 0.25) is 0 Å². The number of para-hydroxylation sites is 1. The summed E-state index contributed by atoms with van der Waals surface area (Å²) < 4.78 is 5.34. The molecule has 8 N–H and O–H groups in total. The molecule has 2 rings (SSSR count). The Bertz CT molecular complexity index is 738. The molecule has 8 heteroatoms. The minimum atomic E-state index is -0.933. The van der Waals surface area contributed by atoms with E-state index in [2.05, 4.69) is 6.92 Å². The molecular weight excluding hydrogens is 398 g/mol. The summed E-state index contributed by atoms with van der Waals surface area (Å²) in [5.74, 6) is 0.166. The number of aldehydes is 1. The zero-order valence-electron chi connectivity index (χ0n) is 18.1. The average Bonchev–Trinajstić information content (AvgIpc) is 2.79. The summed E-state index contributed by atoms with van der Waals surface area (Å²) >= 11 is 0. The van der Waals surface area contributed by atoms with E-state index < -0.39 is 12.0 Å². The summed E-state index contributed by atoms with van der Waals surface area (Å²) in [4.78, 5) is 20.4. The zero-order valence-corrected chi connectivity index (χ0v) is 18.1. The number of aliphatic carboxylic acids is 1. The number of rotatable bonds is 10. The SMILES string of the molecule is CCCOc1ccc(C=O)cc1.NCCCCC(N)C(=O)O.NCc1ccccc1O. The molecule has 8 nitrogen and oxygen atoms in total. The fourth-order valence-corrected chi connectivity index (χ4v) is 2.18. The van der Waals surface area contributed by atoms with Crippen LogP contribution >= 0.6 is 0 Å². The monoisotopic (exact) mass is 433 g/mol. The lowest BCUT2D eigenvalue weighted by Crippen LogP contribution is -2.29. The molecule has 0 bridgehead atoms. The highest BCUT2D eigenvalue weighted by molar-refractivity contribution is 5.74. The van der Waals surface area contributed by atoms with Gasteiger partial charge in [0.1, 0.15) is 23.8 Å². The Labute approximate surface area is 184 Å². The maximum Gasteiger partial charge on any atom is 0.320 e. The summed E-state index contributed by atoms with van der Waals surface area (Å²) in [5.41, 5.74) is 17.2. The van der Waals surface area contributed by atoms with Gasteiger partial charge in [0.15, 0.2) is 0 Å². The second-order valence-corrected chi connectivity index (χ2v) is 6.60. The van der Waals surface area contributed by atoms with Crippen molar-refractivity contribution in [2.45, 2.75) is 45.2 Å². The number of carbonyl (C=O) groups excluding carboxylic acids is 1. The number of hydrogen-bond acceptors (Lipinski definition) is 7. The number of unbranched alkanes of at least 4 members (excludes halogenated alkanes) is 1. The number of benzene rings is 2. The van der Waals surface area contributed by atoms with Crippen molar-refractivity contribution in [1.82, 2.24) is 0 Å². The fraction of sp³-hybridized carbons (Fsp3) is 0.391. The molecule has 2 aromatic rings. The van der Waals surface area contributed by atoms with Crippen molar-refractivity contribution < 1.29 is 24.5 Å². The third kappa shape index (κ3) is 13.8. The molecule has 0 heterocycles. The lowest BCUT2D eigenvalue weighted by atomic mass is 10.1. The number of nitrogens with two attached hydrogens (primary N) is 3. The van der Waals surface area contributed by atoms with Crippen LogP contribution in [-0.2, 0) is 11.3 Å². The van der Waals surface area contributed by atoms with Crippen molar-refractivity contribution in [2.24, 2.45) is 17.2 Å². The smallest absolute Gasteiger partial charge is 0.320 e. The number of carbonyl (C=O) groups is 2. The van der Waals surface area contributed by atoms with Gasteiger partial charge >= 0.3 is 5.97 Å². The lowest BCUT2D eigenvalue weighted by Gasteiger charge is -2.03. The molecule has 0 aliphatic carbocycles. The number of ether oxygens (including phenoxy) is 1. The Hall–Kier alpha value is -2.94. The van der Waals surface area contributed by atoms with E-state index in [1.54, 1.807) is 42.5 Å². The van der Waals surface area contributed by atoms with E-state index in [-0.39, 0.29) is 5.75 Å². The minimum Gasteiger partial charge on any atom is -0.508 e. The van der Waals surface area contributed by atoms with Gasteiger partial charge in [-0.2, -0.15) is 0 Å². The van der Waals surface area contributed by atoms with Crippen LogP contribution in [0, 0.1) is 0 Å². The molecule has 0 aliphatic rings.